The smallest absolute Gasteiger partial charge is 0.399 e. The molecule has 3 aromatic rings. The molecule has 0 aliphatic heterocycles. The summed E-state index contributed by atoms with van der Waals surface area (Å²) in [6, 6.07) is 31.3. The van der Waals surface area contributed by atoms with E-state index in [1.54, 1.807) is 0 Å². The molecule has 0 aromatic heterocycles. The molecule has 0 saturated heterocycles. The number of hydrogen-bond acceptors (Lipinski definition) is 3. The molecule has 0 bridgehead atoms. The minimum atomic E-state index is -0.359. The molecule has 0 aliphatic carbocycles. The van der Waals surface area contributed by atoms with E-state index in [9.17, 15) is 5.11 Å². The van der Waals surface area contributed by atoms with E-state index in [1.807, 2.05) is 42.5 Å². The predicted molar refractivity (Wildman–Crippen MR) is 218 cm³/mol. The van der Waals surface area contributed by atoms with Crippen molar-refractivity contribution in [2.24, 2.45) is 0 Å². The second-order valence-corrected chi connectivity index (χ2v) is 17.5. The van der Waals surface area contributed by atoms with E-state index in [1.165, 1.54) is 22.3 Å². The van der Waals surface area contributed by atoms with Crippen LogP contribution in [0.25, 0.3) is 6.08 Å². The zero-order chi connectivity index (χ0) is 35.3. The van der Waals surface area contributed by atoms with Crippen molar-refractivity contribution in [2.45, 2.75) is 116 Å². The zero-order valence-corrected chi connectivity index (χ0v) is 32.7. The molecule has 0 fully saturated rings. The van der Waals surface area contributed by atoms with Gasteiger partial charge in [0, 0.05) is 28.6 Å². The summed E-state index contributed by atoms with van der Waals surface area (Å²) in [6.45, 7) is 21.7. The second kappa shape index (κ2) is 33.0. The van der Waals surface area contributed by atoms with E-state index in [0.29, 0.717) is 23.3 Å². The first-order valence-electron chi connectivity index (χ1n) is 17.6. The first-order chi connectivity index (χ1) is 22.5. The van der Waals surface area contributed by atoms with Crippen molar-refractivity contribution >= 4 is 14.9 Å². The Hall–Kier alpha value is -2.17. The van der Waals surface area contributed by atoms with E-state index in [-0.39, 0.29) is 54.9 Å². The van der Waals surface area contributed by atoms with Gasteiger partial charge in [-0.1, -0.05) is 163 Å². The maximum Gasteiger partial charge on any atom is 1.00 e. The van der Waals surface area contributed by atoms with Gasteiger partial charge in [0.1, 0.15) is 0 Å². The Morgan fingerprint density at radius 1 is 0.735 bits per heavy atom. The van der Waals surface area contributed by atoms with Gasteiger partial charge in [-0.25, -0.2) is 0 Å². The Morgan fingerprint density at radius 2 is 1.18 bits per heavy atom. The molecule has 0 amide bonds. The van der Waals surface area contributed by atoms with Crippen molar-refractivity contribution in [3.63, 3.8) is 0 Å². The molecule has 3 rings (SSSR count). The number of aliphatic hydroxyl groups is 3. The molecule has 0 radical (unpaired) electrons. The molecule has 270 valence electrons. The summed E-state index contributed by atoms with van der Waals surface area (Å²) in [4.78, 5) is 0. The van der Waals surface area contributed by atoms with E-state index in [2.05, 4.69) is 115 Å². The maximum atomic E-state index is 9.44. The minimum Gasteiger partial charge on any atom is -0.399 e. The number of allylic oxidation sites excluding steroid dienone is 2. The Bertz CT molecular complexity index is 1140. The number of benzene rings is 3. The van der Waals surface area contributed by atoms with Crippen LogP contribution in [0.2, 0.25) is 18.1 Å². The first-order valence-corrected chi connectivity index (χ1v) is 20.5. The molecule has 0 heterocycles. The maximum absolute atomic E-state index is 9.44. The van der Waals surface area contributed by atoms with Gasteiger partial charge >= 0.3 is 18.9 Å². The average Bonchev–Trinajstić information content (AvgIpc) is 3.09. The minimum absolute atomic E-state index is 0. The second-order valence-electron chi connectivity index (χ2n) is 13.5. The van der Waals surface area contributed by atoms with Crippen LogP contribution in [0.5, 0.6) is 0 Å². The van der Waals surface area contributed by atoms with Crippen molar-refractivity contribution in [1.82, 2.24) is 0 Å². The average molecular weight is 683 g/mol. The zero-order valence-electron chi connectivity index (χ0n) is 31.6. The molecule has 0 saturated carbocycles. The summed E-state index contributed by atoms with van der Waals surface area (Å²) >= 11 is 0. The van der Waals surface area contributed by atoms with Gasteiger partial charge in [-0.05, 0) is 79.0 Å². The van der Waals surface area contributed by atoms with Crippen molar-refractivity contribution in [2.75, 3.05) is 19.8 Å². The van der Waals surface area contributed by atoms with Crippen molar-refractivity contribution in [3.8, 4) is 0 Å². The van der Waals surface area contributed by atoms with Crippen LogP contribution < -0.4 is 18.9 Å². The molecule has 2 atom stereocenters. The molecule has 0 spiro atoms. The van der Waals surface area contributed by atoms with Crippen LogP contribution in [0.4, 0.5) is 0 Å². The van der Waals surface area contributed by atoms with Gasteiger partial charge in [0.05, 0.1) is 0 Å². The third kappa shape index (κ3) is 27.3. The summed E-state index contributed by atoms with van der Waals surface area (Å²) in [6.07, 6.45) is 11.9. The fourth-order valence-electron chi connectivity index (χ4n) is 4.44. The summed E-state index contributed by atoms with van der Waals surface area (Å²) in [5.41, 5.74) is 5.33. The van der Waals surface area contributed by atoms with Crippen molar-refractivity contribution in [3.05, 3.63) is 133 Å². The number of unbranched alkanes of at least 4 members (excludes halogenated alkanes) is 1. The monoisotopic (exact) mass is 683 g/mol. The van der Waals surface area contributed by atoms with Crippen LogP contribution >= 0.6 is 0 Å². The van der Waals surface area contributed by atoms with Gasteiger partial charge < -0.3 is 22.2 Å². The fraction of sp³-hybridized carbons (Fsp3) is 0.477. The van der Waals surface area contributed by atoms with Gasteiger partial charge in [0.25, 0.3) is 0 Å². The molecule has 3 nitrogen and oxygen atoms in total. The molecule has 5 heteroatoms. The standard InChI is InChI=1S/C26H36O2.C8H8.C6H16Si.C3H7O.CH4.Li/c1-22(16-18-26(19-21-28)24-12-6-3-7-13-24)15-17-25(14-8-9-20-27)23-10-4-2-5-11-23;1-2-8-6-4-3-5-7-8;1-6(2,3)7(4)5;1-2-3-4;;/h2-7,10-13,15,25-28H,8-9,14,16-21H2,1H3;2-7H,1H2;7H,1-5H3;4H,1-3H2;1H4;/q;;;-1;;+1/b22-15-;;;;;. The SMILES string of the molecule is C.C/C(=C/CC(CCCCO)c1ccccc1)CCC(CCO)c1ccccc1.C=Cc1ccccc1.C[SiH](C)C(C)(C)C.[CH2-]CCO.[Li+]. The molecule has 0 aliphatic rings. The van der Waals surface area contributed by atoms with Gasteiger partial charge in [-0.2, -0.15) is 6.42 Å². The van der Waals surface area contributed by atoms with Crippen LogP contribution in [0, 0.1) is 6.92 Å². The molecule has 2 unspecified atom stereocenters. The molecular weight excluding hydrogens is 612 g/mol. The summed E-state index contributed by atoms with van der Waals surface area (Å²) in [5.74, 6) is 0.939. The number of hydrogen-bond donors (Lipinski definition) is 3. The summed E-state index contributed by atoms with van der Waals surface area (Å²) in [5, 5.41) is 27.0. The van der Waals surface area contributed by atoms with Gasteiger partial charge in [0.15, 0.2) is 0 Å². The molecule has 3 N–H and O–H groups in total. The number of rotatable bonds is 15. The van der Waals surface area contributed by atoms with Crippen LogP contribution in [0.3, 0.4) is 0 Å². The Balaban J connectivity index is -0.000000821. The Labute approximate surface area is 316 Å². The topological polar surface area (TPSA) is 60.7 Å². The van der Waals surface area contributed by atoms with Crippen LogP contribution in [0.15, 0.2) is 109 Å². The summed E-state index contributed by atoms with van der Waals surface area (Å²) < 4.78 is 0. The van der Waals surface area contributed by atoms with Gasteiger partial charge in [0.2, 0.25) is 0 Å². The third-order valence-corrected chi connectivity index (χ3v) is 12.0. The van der Waals surface area contributed by atoms with Crippen LogP contribution in [-0.2, 0) is 0 Å². The van der Waals surface area contributed by atoms with Crippen molar-refractivity contribution in [1.29, 1.82) is 0 Å². The fourth-order valence-corrected chi connectivity index (χ4v) is 4.44. The predicted octanol–water partition coefficient (Wildman–Crippen LogP) is 8.66. The van der Waals surface area contributed by atoms with E-state index in [0.717, 1.165) is 44.9 Å². The van der Waals surface area contributed by atoms with E-state index < -0.39 is 0 Å². The van der Waals surface area contributed by atoms with Gasteiger partial charge in [-0.3, -0.25) is 0 Å². The normalized spacial score (nSPS) is 11.9. The van der Waals surface area contributed by atoms with E-state index in [4.69, 9.17) is 10.2 Å². The summed E-state index contributed by atoms with van der Waals surface area (Å²) in [7, 11) is -0.359. The van der Waals surface area contributed by atoms with Crippen molar-refractivity contribution < 1.29 is 34.2 Å². The first kappa shape index (κ1) is 51.2. The Morgan fingerprint density at radius 3 is 1.55 bits per heavy atom. The van der Waals surface area contributed by atoms with Crippen LogP contribution in [0.1, 0.15) is 115 Å². The third-order valence-electron chi connectivity index (χ3n) is 8.54. The Kier molecular flexibility index (Phi) is 34.5. The van der Waals surface area contributed by atoms with Gasteiger partial charge in [-0.15, -0.1) is 0 Å². The number of aliphatic hydroxyl groups excluding tert-OH is 3. The molecular formula is C44H71LiO3Si. The van der Waals surface area contributed by atoms with E-state index >= 15 is 0 Å². The molecule has 49 heavy (non-hydrogen) atoms. The quantitative estimate of drug-likeness (QED) is 0.0651. The largest absolute Gasteiger partial charge is 1.00 e. The molecule has 3 aromatic carbocycles. The van der Waals surface area contributed by atoms with Crippen LogP contribution in [-0.4, -0.2) is 43.9 Å².